The molecule has 0 saturated carbocycles. The van der Waals surface area contributed by atoms with Gasteiger partial charge in [-0.3, -0.25) is 0 Å². The fraction of sp³-hybridized carbons (Fsp3) is 0.438. The molecule has 0 amide bonds. The van der Waals surface area contributed by atoms with Crippen LogP contribution in [0.2, 0.25) is 0 Å². The van der Waals surface area contributed by atoms with Gasteiger partial charge < -0.3 is 9.84 Å². The SMILES string of the molecule is COc1ccccc1CC(CO)CCc1scnc1C. The number of para-hydroxylation sites is 1. The van der Waals surface area contributed by atoms with Gasteiger partial charge in [0.1, 0.15) is 5.75 Å². The number of hydrogen-bond donors (Lipinski definition) is 1. The van der Waals surface area contributed by atoms with Gasteiger partial charge in [-0.25, -0.2) is 4.98 Å². The summed E-state index contributed by atoms with van der Waals surface area (Å²) in [7, 11) is 1.69. The van der Waals surface area contributed by atoms with Crippen molar-refractivity contribution in [3.63, 3.8) is 0 Å². The Morgan fingerprint density at radius 1 is 1.35 bits per heavy atom. The smallest absolute Gasteiger partial charge is 0.122 e. The molecule has 0 fully saturated rings. The van der Waals surface area contributed by atoms with Gasteiger partial charge in [-0.05, 0) is 43.7 Å². The van der Waals surface area contributed by atoms with Crippen molar-refractivity contribution in [1.82, 2.24) is 4.98 Å². The number of aliphatic hydroxyl groups excluding tert-OH is 1. The Morgan fingerprint density at radius 2 is 2.15 bits per heavy atom. The van der Waals surface area contributed by atoms with E-state index in [0.717, 1.165) is 36.3 Å². The van der Waals surface area contributed by atoms with E-state index in [-0.39, 0.29) is 12.5 Å². The van der Waals surface area contributed by atoms with E-state index in [4.69, 9.17) is 4.74 Å². The first kappa shape index (κ1) is 15.0. The fourth-order valence-corrected chi connectivity index (χ4v) is 3.14. The molecule has 0 aliphatic heterocycles. The molecule has 1 aromatic carbocycles. The lowest BCUT2D eigenvalue weighted by Crippen LogP contribution is -2.11. The minimum Gasteiger partial charge on any atom is -0.496 e. The summed E-state index contributed by atoms with van der Waals surface area (Å²) in [5.74, 6) is 1.16. The fourth-order valence-electron chi connectivity index (χ4n) is 2.34. The second-order valence-electron chi connectivity index (χ2n) is 4.96. The number of hydrogen-bond acceptors (Lipinski definition) is 4. The van der Waals surface area contributed by atoms with E-state index >= 15 is 0 Å². The van der Waals surface area contributed by atoms with Gasteiger partial charge in [0.2, 0.25) is 0 Å². The summed E-state index contributed by atoms with van der Waals surface area (Å²) < 4.78 is 5.37. The monoisotopic (exact) mass is 291 g/mol. The number of aromatic nitrogens is 1. The maximum absolute atomic E-state index is 9.60. The first-order chi connectivity index (χ1) is 9.74. The van der Waals surface area contributed by atoms with Gasteiger partial charge in [-0.2, -0.15) is 0 Å². The highest BCUT2D eigenvalue weighted by Gasteiger charge is 2.13. The third kappa shape index (κ3) is 3.81. The van der Waals surface area contributed by atoms with Crippen LogP contribution in [-0.4, -0.2) is 23.8 Å². The molecule has 2 aromatic rings. The number of thiazole rings is 1. The molecule has 1 unspecified atom stereocenters. The van der Waals surface area contributed by atoms with Crippen LogP contribution in [0.5, 0.6) is 5.75 Å². The third-order valence-corrected chi connectivity index (χ3v) is 4.58. The number of aliphatic hydroxyl groups is 1. The molecule has 0 aliphatic carbocycles. The second kappa shape index (κ2) is 7.41. The number of ether oxygens (including phenoxy) is 1. The lowest BCUT2D eigenvalue weighted by molar-refractivity contribution is 0.217. The summed E-state index contributed by atoms with van der Waals surface area (Å²) in [6.45, 7) is 2.25. The molecule has 1 atom stereocenters. The number of aryl methyl sites for hydroxylation is 2. The third-order valence-electron chi connectivity index (χ3n) is 3.58. The van der Waals surface area contributed by atoms with E-state index in [2.05, 4.69) is 11.1 Å². The van der Waals surface area contributed by atoms with Crippen molar-refractivity contribution in [2.24, 2.45) is 5.92 Å². The van der Waals surface area contributed by atoms with E-state index in [0.29, 0.717) is 0 Å². The summed E-state index contributed by atoms with van der Waals surface area (Å²) in [4.78, 5) is 5.59. The van der Waals surface area contributed by atoms with Crippen molar-refractivity contribution in [3.05, 3.63) is 45.9 Å². The maximum atomic E-state index is 9.60. The first-order valence-corrected chi connectivity index (χ1v) is 7.74. The topological polar surface area (TPSA) is 42.4 Å². The molecule has 2 rings (SSSR count). The van der Waals surface area contributed by atoms with Crippen LogP contribution in [0.25, 0.3) is 0 Å². The lowest BCUT2D eigenvalue weighted by Gasteiger charge is -2.16. The molecule has 0 saturated heterocycles. The predicted molar refractivity (Wildman–Crippen MR) is 82.4 cm³/mol. The summed E-state index contributed by atoms with van der Waals surface area (Å²) in [5, 5.41) is 9.60. The molecule has 4 heteroatoms. The van der Waals surface area contributed by atoms with Crippen molar-refractivity contribution in [2.75, 3.05) is 13.7 Å². The van der Waals surface area contributed by atoms with Gasteiger partial charge in [-0.1, -0.05) is 18.2 Å². The van der Waals surface area contributed by atoms with E-state index in [9.17, 15) is 5.11 Å². The average Bonchev–Trinajstić information content (AvgIpc) is 2.89. The van der Waals surface area contributed by atoms with Gasteiger partial charge in [0.15, 0.2) is 0 Å². The van der Waals surface area contributed by atoms with Crippen LogP contribution in [0.3, 0.4) is 0 Å². The van der Waals surface area contributed by atoms with Crippen LogP contribution in [0.15, 0.2) is 29.8 Å². The van der Waals surface area contributed by atoms with Crippen LogP contribution in [-0.2, 0) is 12.8 Å². The Morgan fingerprint density at radius 3 is 2.80 bits per heavy atom. The predicted octanol–water partition coefficient (Wildman–Crippen LogP) is 3.24. The average molecular weight is 291 g/mol. The van der Waals surface area contributed by atoms with Crippen LogP contribution >= 0.6 is 11.3 Å². The van der Waals surface area contributed by atoms with Crippen molar-refractivity contribution in [1.29, 1.82) is 0 Å². The summed E-state index contributed by atoms with van der Waals surface area (Å²) in [6, 6.07) is 8.02. The largest absolute Gasteiger partial charge is 0.496 e. The summed E-state index contributed by atoms with van der Waals surface area (Å²) in [5.41, 5.74) is 4.16. The maximum Gasteiger partial charge on any atom is 0.122 e. The van der Waals surface area contributed by atoms with E-state index in [1.54, 1.807) is 18.4 Å². The molecule has 108 valence electrons. The first-order valence-electron chi connectivity index (χ1n) is 6.86. The number of benzene rings is 1. The zero-order valence-corrected chi connectivity index (χ0v) is 12.8. The molecular formula is C16H21NO2S. The van der Waals surface area contributed by atoms with Crippen LogP contribution in [0.4, 0.5) is 0 Å². The van der Waals surface area contributed by atoms with E-state index < -0.39 is 0 Å². The Labute approximate surface area is 124 Å². The molecule has 1 N–H and O–H groups in total. The molecule has 0 radical (unpaired) electrons. The molecular weight excluding hydrogens is 270 g/mol. The van der Waals surface area contributed by atoms with Crippen LogP contribution in [0.1, 0.15) is 22.6 Å². The Bertz CT molecular complexity index is 539. The van der Waals surface area contributed by atoms with Gasteiger partial charge in [0, 0.05) is 11.5 Å². The highest BCUT2D eigenvalue weighted by molar-refractivity contribution is 7.09. The van der Waals surface area contributed by atoms with Gasteiger partial charge in [0.05, 0.1) is 18.3 Å². The van der Waals surface area contributed by atoms with E-state index in [1.807, 2.05) is 30.6 Å². The van der Waals surface area contributed by atoms with Crippen LogP contribution in [0, 0.1) is 12.8 Å². The van der Waals surface area contributed by atoms with Gasteiger partial charge in [-0.15, -0.1) is 11.3 Å². The highest BCUT2D eigenvalue weighted by Crippen LogP contribution is 2.24. The molecule has 0 spiro atoms. The number of rotatable bonds is 7. The van der Waals surface area contributed by atoms with Crippen molar-refractivity contribution >= 4 is 11.3 Å². The van der Waals surface area contributed by atoms with Crippen molar-refractivity contribution in [2.45, 2.75) is 26.2 Å². The number of nitrogens with zero attached hydrogens (tertiary/aromatic N) is 1. The van der Waals surface area contributed by atoms with Crippen molar-refractivity contribution < 1.29 is 9.84 Å². The molecule has 0 aliphatic rings. The zero-order valence-electron chi connectivity index (χ0n) is 12.0. The normalized spacial score (nSPS) is 12.3. The number of methoxy groups -OCH3 is 1. The second-order valence-corrected chi connectivity index (χ2v) is 5.90. The molecule has 1 aromatic heterocycles. The van der Waals surface area contributed by atoms with Crippen LogP contribution < -0.4 is 4.74 Å². The molecule has 3 nitrogen and oxygen atoms in total. The van der Waals surface area contributed by atoms with Crippen molar-refractivity contribution in [3.8, 4) is 5.75 Å². The van der Waals surface area contributed by atoms with E-state index in [1.165, 1.54) is 4.88 Å². The highest BCUT2D eigenvalue weighted by atomic mass is 32.1. The Kier molecular flexibility index (Phi) is 5.56. The quantitative estimate of drug-likeness (QED) is 0.851. The Balaban J connectivity index is 1.97. The standard InChI is InChI=1S/C16H21NO2S/c1-12-16(20-11-17-12)8-7-13(10-18)9-14-5-3-4-6-15(14)19-2/h3-6,11,13,18H,7-10H2,1-2H3. The zero-order chi connectivity index (χ0) is 14.4. The molecule has 20 heavy (non-hydrogen) atoms. The van der Waals surface area contributed by atoms with Gasteiger partial charge >= 0.3 is 0 Å². The summed E-state index contributed by atoms with van der Waals surface area (Å²) >= 11 is 1.70. The summed E-state index contributed by atoms with van der Waals surface area (Å²) in [6.07, 6.45) is 2.80. The minimum atomic E-state index is 0.204. The van der Waals surface area contributed by atoms with Gasteiger partial charge in [0.25, 0.3) is 0 Å². The lowest BCUT2D eigenvalue weighted by atomic mass is 9.94. The molecule has 1 heterocycles. The minimum absolute atomic E-state index is 0.204. The molecule has 0 bridgehead atoms. The Hall–Kier alpha value is -1.39.